The van der Waals surface area contributed by atoms with Gasteiger partial charge in [0.25, 0.3) is 0 Å². The molecule has 1 fully saturated rings. The standard InChI is InChI=1S/C8H9N5O2S/c9-5-6-10-11-7(16-6)12-1-3-13(4-2-12)8(14)15/h1-4H2,(H,14,15). The Kier molecular flexibility index (Phi) is 2.87. The highest BCUT2D eigenvalue weighted by Crippen LogP contribution is 2.20. The molecular formula is C8H9N5O2S. The van der Waals surface area contributed by atoms with Crippen molar-refractivity contribution in [3.8, 4) is 6.07 Å². The van der Waals surface area contributed by atoms with E-state index in [0.29, 0.717) is 36.3 Å². The molecule has 1 N–H and O–H groups in total. The van der Waals surface area contributed by atoms with Crippen LogP contribution in [-0.2, 0) is 0 Å². The summed E-state index contributed by atoms with van der Waals surface area (Å²) >= 11 is 1.23. The van der Waals surface area contributed by atoms with Gasteiger partial charge in [-0.3, -0.25) is 0 Å². The average Bonchev–Trinajstić information content (AvgIpc) is 2.77. The normalized spacial score (nSPS) is 15.9. The van der Waals surface area contributed by atoms with Gasteiger partial charge < -0.3 is 14.9 Å². The third-order valence-corrected chi connectivity index (χ3v) is 3.22. The Morgan fingerprint density at radius 2 is 2.06 bits per heavy atom. The first-order valence-corrected chi connectivity index (χ1v) is 5.49. The Balaban J connectivity index is 1.99. The third kappa shape index (κ3) is 2.04. The van der Waals surface area contributed by atoms with E-state index in [9.17, 15) is 4.79 Å². The van der Waals surface area contributed by atoms with Crippen LogP contribution in [0.5, 0.6) is 0 Å². The lowest BCUT2D eigenvalue weighted by molar-refractivity contribution is 0.142. The van der Waals surface area contributed by atoms with Crippen molar-refractivity contribution in [2.24, 2.45) is 0 Å². The molecule has 7 nitrogen and oxygen atoms in total. The molecule has 0 unspecified atom stereocenters. The molecule has 2 heterocycles. The Morgan fingerprint density at radius 3 is 2.56 bits per heavy atom. The van der Waals surface area contributed by atoms with Crippen LogP contribution >= 0.6 is 11.3 Å². The molecule has 8 heteroatoms. The minimum Gasteiger partial charge on any atom is -0.465 e. The van der Waals surface area contributed by atoms with Crippen LogP contribution in [0.3, 0.4) is 0 Å². The van der Waals surface area contributed by atoms with E-state index in [1.807, 2.05) is 11.0 Å². The van der Waals surface area contributed by atoms with Gasteiger partial charge in [-0.25, -0.2) is 4.79 Å². The molecule has 1 aromatic heterocycles. The fourth-order valence-electron chi connectivity index (χ4n) is 1.48. The number of hydrogen-bond acceptors (Lipinski definition) is 6. The van der Waals surface area contributed by atoms with Crippen LogP contribution in [0.2, 0.25) is 0 Å². The molecule has 0 spiro atoms. The Hall–Kier alpha value is -1.88. The van der Waals surface area contributed by atoms with E-state index in [1.165, 1.54) is 16.2 Å². The monoisotopic (exact) mass is 239 g/mol. The third-order valence-electron chi connectivity index (χ3n) is 2.33. The molecule has 16 heavy (non-hydrogen) atoms. The van der Waals surface area contributed by atoms with Gasteiger partial charge in [-0.1, -0.05) is 11.3 Å². The van der Waals surface area contributed by atoms with E-state index in [2.05, 4.69) is 10.2 Å². The first-order valence-electron chi connectivity index (χ1n) is 4.67. The van der Waals surface area contributed by atoms with E-state index in [4.69, 9.17) is 10.4 Å². The van der Waals surface area contributed by atoms with Crippen molar-refractivity contribution < 1.29 is 9.90 Å². The molecule has 1 aromatic rings. The zero-order chi connectivity index (χ0) is 11.5. The van der Waals surface area contributed by atoms with Gasteiger partial charge in [0, 0.05) is 26.2 Å². The summed E-state index contributed by atoms with van der Waals surface area (Å²) in [5.74, 6) is 0. The number of amides is 1. The molecule has 2 rings (SSSR count). The van der Waals surface area contributed by atoms with Crippen molar-refractivity contribution in [1.82, 2.24) is 15.1 Å². The van der Waals surface area contributed by atoms with Gasteiger partial charge in [0.2, 0.25) is 10.1 Å². The summed E-state index contributed by atoms with van der Waals surface area (Å²) in [6.45, 7) is 2.09. The minimum atomic E-state index is -0.894. The van der Waals surface area contributed by atoms with Crippen LogP contribution in [0.4, 0.5) is 9.93 Å². The minimum absolute atomic E-state index is 0.329. The fourth-order valence-corrected chi connectivity index (χ4v) is 2.17. The van der Waals surface area contributed by atoms with Gasteiger partial charge in [-0.15, -0.1) is 10.2 Å². The van der Waals surface area contributed by atoms with E-state index in [0.717, 1.165) is 0 Å². The molecule has 1 amide bonds. The van der Waals surface area contributed by atoms with Gasteiger partial charge >= 0.3 is 6.09 Å². The number of carboxylic acid groups (broad SMARTS) is 1. The molecular weight excluding hydrogens is 230 g/mol. The maximum atomic E-state index is 10.7. The van der Waals surface area contributed by atoms with Crippen LogP contribution in [0.15, 0.2) is 0 Å². The lowest BCUT2D eigenvalue weighted by Gasteiger charge is -2.32. The zero-order valence-electron chi connectivity index (χ0n) is 8.33. The quantitative estimate of drug-likeness (QED) is 0.753. The summed E-state index contributed by atoms with van der Waals surface area (Å²) in [4.78, 5) is 14.0. The second kappa shape index (κ2) is 4.32. The van der Waals surface area contributed by atoms with Crippen molar-refractivity contribution >= 4 is 22.6 Å². The average molecular weight is 239 g/mol. The molecule has 0 aliphatic carbocycles. The number of anilines is 1. The van der Waals surface area contributed by atoms with Gasteiger partial charge in [0.05, 0.1) is 0 Å². The van der Waals surface area contributed by atoms with Crippen molar-refractivity contribution in [1.29, 1.82) is 5.26 Å². The number of carbonyl (C=O) groups is 1. The fraction of sp³-hybridized carbons (Fsp3) is 0.500. The molecule has 0 aromatic carbocycles. The summed E-state index contributed by atoms with van der Waals surface area (Å²) in [6, 6.07) is 1.93. The molecule has 0 saturated carbocycles. The first kappa shape index (κ1) is 10.6. The van der Waals surface area contributed by atoms with E-state index < -0.39 is 6.09 Å². The van der Waals surface area contributed by atoms with Gasteiger partial charge in [0.1, 0.15) is 6.07 Å². The number of nitriles is 1. The molecule has 1 aliphatic heterocycles. The smallest absolute Gasteiger partial charge is 0.407 e. The van der Waals surface area contributed by atoms with E-state index in [-0.39, 0.29) is 0 Å². The van der Waals surface area contributed by atoms with Crippen LogP contribution in [-0.4, -0.2) is 52.5 Å². The number of aromatic nitrogens is 2. The van der Waals surface area contributed by atoms with Gasteiger partial charge in [-0.05, 0) is 0 Å². The summed E-state index contributed by atoms with van der Waals surface area (Å²) in [5, 5.41) is 26.0. The van der Waals surface area contributed by atoms with Gasteiger partial charge in [0.15, 0.2) is 0 Å². The first-order chi connectivity index (χ1) is 7.70. The molecule has 0 radical (unpaired) electrons. The highest BCUT2D eigenvalue weighted by Gasteiger charge is 2.22. The SMILES string of the molecule is N#Cc1nnc(N2CCN(C(=O)O)CC2)s1. The van der Waals surface area contributed by atoms with Crippen molar-refractivity contribution in [3.05, 3.63) is 5.01 Å². The number of hydrogen-bond donors (Lipinski definition) is 1. The largest absolute Gasteiger partial charge is 0.465 e. The van der Waals surface area contributed by atoms with E-state index in [1.54, 1.807) is 0 Å². The summed E-state index contributed by atoms with van der Waals surface area (Å²) in [5.41, 5.74) is 0. The Bertz CT molecular complexity index is 432. The lowest BCUT2D eigenvalue weighted by atomic mass is 10.3. The van der Waals surface area contributed by atoms with E-state index >= 15 is 0 Å². The maximum Gasteiger partial charge on any atom is 0.407 e. The van der Waals surface area contributed by atoms with Crippen molar-refractivity contribution in [2.75, 3.05) is 31.1 Å². The highest BCUT2D eigenvalue weighted by atomic mass is 32.1. The Morgan fingerprint density at radius 1 is 1.38 bits per heavy atom. The lowest BCUT2D eigenvalue weighted by Crippen LogP contribution is -2.48. The summed E-state index contributed by atoms with van der Waals surface area (Å²) in [6.07, 6.45) is -0.894. The molecule has 84 valence electrons. The second-order valence-corrected chi connectivity index (χ2v) is 4.21. The Labute approximate surface area is 95.5 Å². The molecule has 1 aliphatic rings. The van der Waals surface area contributed by atoms with Crippen LogP contribution in [0, 0.1) is 11.3 Å². The van der Waals surface area contributed by atoms with Crippen molar-refractivity contribution in [3.63, 3.8) is 0 Å². The second-order valence-electron chi connectivity index (χ2n) is 3.26. The summed E-state index contributed by atoms with van der Waals surface area (Å²) < 4.78 is 0. The number of rotatable bonds is 1. The molecule has 1 saturated heterocycles. The maximum absolute atomic E-state index is 10.7. The predicted molar refractivity (Wildman–Crippen MR) is 56.4 cm³/mol. The highest BCUT2D eigenvalue weighted by molar-refractivity contribution is 7.15. The zero-order valence-corrected chi connectivity index (χ0v) is 9.14. The van der Waals surface area contributed by atoms with Gasteiger partial charge in [-0.2, -0.15) is 5.26 Å². The molecule has 0 atom stereocenters. The number of nitrogens with zero attached hydrogens (tertiary/aromatic N) is 5. The van der Waals surface area contributed by atoms with Crippen molar-refractivity contribution in [2.45, 2.75) is 0 Å². The summed E-state index contributed by atoms with van der Waals surface area (Å²) in [7, 11) is 0. The molecule has 0 bridgehead atoms. The van der Waals surface area contributed by atoms with Crippen LogP contribution < -0.4 is 4.90 Å². The van der Waals surface area contributed by atoms with Crippen LogP contribution in [0.25, 0.3) is 0 Å². The van der Waals surface area contributed by atoms with Crippen LogP contribution in [0.1, 0.15) is 5.01 Å². The predicted octanol–water partition coefficient (Wildman–Crippen LogP) is 0.210. The number of piperazine rings is 1. The topological polar surface area (TPSA) is 93.4 Å².